The van der Waals surface area contributed by atoms with Gasteiger partial charge in [0.2, 0.25) is 0 Å². The highest BCUT2D eigenvalue weighted by atomic mass is 35.5. The predicted molar refractivity (Wildman–Crippen MR) is 63.4 cm³/mol. The molecule has 1 amide bonds. The van der Waals surface area contributed by atoms with E-state index in [0.717, 1.165) is 30.3 Å². The van der Waals surface area contributed by atoms with Crippen LogP contribution in [0.3, 0.4) is 0 Å². The molecule has 0 unspecified atom stereocenters. The summed E-state index contributed by atoms with van der Waals surface area (Å²) in [6, 6.07) is 4.53. The maximum absolute atomic E-state index is 11.7. The summed E-state index contributed by atoms with van der Waals surface area (Å²) >= 11 is 5.43. The summed E-state index contributed by atoms with van der Waals surface area (Å²) in [7, 11) is -4.06. The number of hydrogen-bond acceptors (Lipinski definition) is 5. The second-order valence-electron chi connectivity index (χ2n) is 3.33. The van der Waals surface area contributed by atoms with E-state index >= 15 is 0 Å². The van der Waals surface area contributed by atoms with Crippen LogP contribution in [0.15, 0.2) is 34.7 Å². The van der Waals surface area contributed by atoms with Gasteiger partial charge in [-0.2, -0.15) is 12.7 Å². The molecule has 0 N–H and O–H groups in total. The number of carbonyl (C=O) groups excluding carboxylic acids is 1. The number of nitro groups is 1. The van der Waals surface area contributed by atoms with Gasteiger partial charge in [0.05, 0.1) is 10.6 Å². The average molecular weight is 289 g/mol. The van der Waals surface area contributed by atoms with Gasteiger partial charge in [-0.1, -0.05) is 11.6 Å². The van der Waals surface area contributed by atoms with Crippen molar-refractivity contribution < 1.29 is 18.1 Å². The molecule has 1 aromatic carbocycles. The van der Waals surface area contributed by atoms with Gasteiger partial charge in [0.15, 0.2) is 4.36 Å². The van der Waals surface area contributed by atoms with Crippen LogP contribution in [0.25, 0.3) is 0 Å². The van der Waals surface area contributed by atoms with Gasteiger partial charge in [-0.3, -0.25) is 14.9 Å². The Morgan fingerprint density at radius 2 is 1.78 bits per heavy atom. The van der Waals surface area contributed by atoms with Crippen molar-refractivity contribution in [2.24, 2.45) is 0 Å². The first-order valence-electron chi connectivity index (χ1n) is 4.55. The van der Waals surface area contributed by atoms with Gasteiger partial charge in [0.1, 0.15) is 0 Å². The minimum Gasteiger partial charge on any atom is -0.268 e. The summed E-state index contributed by atoms with van der Waals surface area (Å²) in [5.41, 5.74) is -0.209. The van der Waals surface area contributed by atoms with Crippen molar-refractivity contribution in [3.05, 3.63) is 44.8 Å². The topological polar surface area (TPSA) is 97.6 Å². The molecular weight excluding hydrogens is 284 g/mol. The molecule has 0 aromatic heterocycles. The summed E-state index contributed by atoms with van der Waals surface area (Å²) in [4.78, 5) is 21.3. The summed E-state index contributed by atoms with van der Waals surface area (Å²) in [5, 5.41) is 10.5. The summed E-state index contributed by atoms with van der Waals surface area (Å²) in [5.74, 6) is -0.811. The average Bonchev–Trinajstić information content (AvgIpc) is 2.48. The van der Waals surface area contributed by atoms with Crippen molar-refractivity contribution in [2.75, 3.05) is 4.31 Å². The highest BCUT2D eigenvalue weighted by Gasteiger charge is 2.37. The van der Waals surface area contributed by atoms with Crippen LogP contribution in [0.4, 0.5) is 11.4 Å². The maximum atomic E-state index is 11.7. The fourth-order valence-electron chi connectivity index (χ4n) is 1.41. The SMILES string of the molecule is O=C1C=C(Cl)S(=O)(=O)N1c1ccc([N+](=O)[O-])cc1. The predicted octanol–water partition coefficient (Wildman–Crippen LogP) is 1.35. The standard InChI is InChI=1S/C9H5ClN2O5S/c10-8-5-9(13)11(18(8,16)17)6-1-3-7(4-2-6)12(14)15/h1-5H. The van der Waals surface area contributed by atoms with Crippen molar-refractivity contribution in [3.8, 4) is 0 Å². The lowest BCUT2D eigenvalue weighted by Crippen LogP contribution is -2.30. The molecule has 0 saturated carbocycles. The van der Waals surface area contributed by atoms with Crippen LogP contribution in [-0.4, -0.2) is 19.2 Å². The number of halogens is 1. The lowest BCUT2D eigenvalue weighted by atomic mass is 10.3. The number of rotatable bonds is 2. The Balaban J connectivity index is 2.45. The summed E-state index contributed by atoms with van der Waals surface area (Å²) in [6.45, 7) is 0. The molecule has 1 aliphatic rings. The molecule has 9 heteroatoms. The zero-order valence-corrected chi connectivity index (χ0v) is 10.2. The fourth-order valence-corrected chi connectivity index (χ4v) is 2.82. The molecule has 0 atom stereocenters. The zero-order chi connectivity index (χ0) is 13.5. The van der Waals surface area contributed by atoms with Crippen LogP contribution < -0.4 is 4.31 Å². The number of amides is 1. The van der Waals surface area contributed by atoms with Gasteiger partial charge in [0.25, 0.3) is 21.6 Å². The van der Waals surface area contributed by atoms with E-state index in [0.29, 0.717) is 4.31 Å². The first-order chi connectivity index (χ1) is 8.34. The van der Waals surface area contributed by atoms with E-state index < -0.39 is 25.2 Å². The lowest BCUT2D eigenvalue weighted by molar-refractivity contribution is -0.384. The number of sulfonamides is 1. The van der Waals surface area contributed by atoms with Crippen LogP contribution in [-0.2, 0) is 14.8 Å². The Bertz CT molecular complexity index is 665. The number of benzene rings is 1. The molecule has 2 rings (SSSR count). The maximum Gasteiger partial charge on any atom is 0.282 e. The van der Waals surface area contributed by atoms with Crippen molar-refractivity contribution in [3.63, 3.8) is 0 Å². The van der Waals surface area contributed by atoms with E-state index in [1.54, 1.807) is 0 Å². The first-order valence-corrected chi connectivity index (χ1v) is 6.37. The molecule has 0 fully saturated rings. The molecule has 0 radical (unpaired) electrons. The Kier molecular flexibility index (Phi) is 2.83. The molecule has 0 aliphatic carbocycles. The Hall–Kier alpha value is -1.93. The smallest absolute Gasteiger partial charge is 0.268 e. The van der Waals surface area contributed by atoms with E-state index in [1.807, 2.05) is 0 Å². The zero-order valence-electron chi connectivity index (χ0n) is 8.61. The molecule has 1 aromatic rings. The van der Waals surface area contributed by atoms with Gasteiger partial charge in [0, 0.05) is 18.2 Å². The molecule has 18 heavy (non-hydrogen) atoms. The second kappa shape index (κ2) is 4.07. The van der Waals surface area contributed by atoms with E-state index in [1.165, 1.54) is 0 Å². The molecule has 7 nitrogen and oxygen atoms in total. The van der Waals surface area contributed by atoms with E-state index in [-0.39, 0.29) is 11.4 Å². The number of nitrogens with zero attached hydrogens (tertiary/aromatic N) is 2. The highest BCUT2D eigenvalue weighted by molar-refractivity contribution is 7.99. The Morgan fingerprint density at radius 3 is 2.17 bits per heavy atom. The van der Waals surface area contributed by atoms with Crippen LogP contribution >= 0.6 is 11.6 Å². The van der Waals surface area contributed by atoms with Gasteiger partial charge in [-0.05, 0) is 12.1 Å². The monoisotopic (exact) mass is 288 g/mol. The number of non-ortho nitro benzene ring substituents is 1. The number of nitro benzene ring substituents is 1. The first kappa shape index (κ1) is 12.5. The van der Waals surface area contributed by atoms with Crippen LogP contribution in [0, 0.1) is 10.1 Å². The molecule has 1 aliphatic heterocycles. The highest BCUT2D eigenvalue weighted by Crippen LogP contribution is 2.31. The third-order valence-corrected chi connectivity index (χ3v) is 4.40. The van der Waals surface area contributed by atoms with E-state index in [2.05, 4.69) is 0 Å². The van der Waals surface area contributed by atoms with Gasteiger partial charge >= 0.3 is 0 Å². The van der Waals surface area contributed by atoms with Gasteiger partial charge in [-0.25, -0.2) is 0 Å². The Morgan fingerprint density at radius 1 is 1.22 bits per heavy atom. The number of hydrogen-bond donors (Lipinski definition) is 0. The third-order valence-electron chi connectivity index (χ3n) is 2.22. The van der Waals surface area contributed by atoms with E-state index in [9.17, 15) is 23.3 Å². The third kappa shape index (κ3) is 1.85. The fraction of sp³-hybridized carbons (Fsp3) is 0. The Labute approximate surface area is 106 Å². The summed E-state index contributed by atoms with van der Waals surface area (Å²) in [6.07, 6.45) is 0.776. The molecule has 0 saturated heterocycles. The van der Waals surface area contributed by atoms with Gasteiger partial charge < -0.3 is 0 Å². The van der Waals surface area contributed by atoms with Crippen molar-refractivity contribution >= 4 is 38.9 Å². The lowest BCUT2D eigenvalue weighted by Gasteiger charge is -2.14. The normalized spacial score (nSPS) is 17.7. The number of anilines is 1. The van der Waals surface area contributed by atoms with Crippen molar-refractivity contribution in [2.45, 2.75) is 0 Å². The largest absolute Gasteiger partial charge is 0.282 e. The summed E-state index contributed by atoms with van der Waals surface area (Å²) < 4.78 is 23.3. The molecule has 94 valence electrons. The second-order valence-corrected chi connectivity index (χ2v) is 5.72. The van der Waals surface area contributed by atoms with E-state index in [4.69, 9.17) is 11.6 Å². The van der Waals surface area contributed by atoms with Crippen molar-refractivity contribution in [1.82, 2.24) is 0 Å². The quantitative estimate of drug-likeness (QED) is 0.604. The van der Waals surface area contributed by atoms with Crippen molar-refractivity contribution in [1.29, 1.82) is 0 Å². The minimum absolute atomic E-state index is 0.00231. The van der Waals surface area contributed by atoms with Crippen LogP contribution in [0.1, 0.15) is 0 Å². The molecular formula is C9H5ClN2O5S. The van der Waals surface area contributed by atoms with Gasteiger partial charge in [-0.15, -0.1) is 0 Å². The molecule has 0 bridgehead atoms. The minimum atomic E-state index is -4.06. The molecule has 1 heterocycles. The molecule has 0 spiro atoms. The van der Waals surface area contributed by atoms with Crippen LogP contribution in [0.2, 0.25) is 0 Å². The van der Waals surface area contributed by atoms with Crippen LogP contribution in [0.5, 0.6) is 0 Å². The number of carbonyl (C=O) groups is 1.